The van der Waals surface area contributed by atoms with Crippen molar-refractivity contribution in [2.45, 2.75) is 270 Å². The summed E-state index contributed by atoms with van der Waals surface area (Å²) >= 11 is 0. The second kappa shape index (κ2) is 45.5. The van der Waals surface area contributed by atoms with Crippen LogP contribution in [0.1, 0.15) is 264 Å². The van der Waals surface area contributed by atoms with E-state index in [-0.39, 0.29) is 38.6 Å². The number of phosphoric acid groups is 1. The van der Waals surface area contributed by atoms with Crippen molar-refractivity contribution in [2.24, 2.45) is 5.73 Å². The average molecular weight is 846 g/mol. The maximum absolute atomic E-state index is 12.6. The van der Waals surface area contributed by atoms with E-state index < -0.39 is 26.5 Å². The van der Waals surface area contributed by atoms with Crippen LogP contribution in [0.2, 0.25) is 0 Å². The summed E-state index contributed by atoms with van der Waals surface area (Å²) in [4.78, 5) is 35.0. The van der Waals surface area contributed by atoms with Gasteiger partial charge in [-0.3, -0.25) is 18.6 Å². The molecule has 0 aliphatic heterocycles. The number of hydrogen-bond acceptors (Lipinski definition) is 8. The molecule has 0 bridgehead atoms. The maximum Gasteiger partial charge on any atom is 0.472 e. The number of esters is 2. The van der Waals surface area contributed by atoms with Crippen LogP contribution in [0, 0.1) is 0 Å². The van der Waals surface area contributed by atoms with E-state index in [1.807, 2.05) is 0 Å². The van der Waals surface area contributed by atoms with E-state index >= 15 is 0 Å². The number of ether oxygens (including phenoxy) is 2. The minimum Gasteiger partial charge on any atom is -0.462 e. The summed E-state index contributed by atoms with van der Waals surface area (Å²) in [6.07, 6.45) is 47.1. The lowest BCUT2D eigenvalue weighted by Gasteiger charge is -2.19. The molecular formula is C48H96NO8P. The van der Waals surface area contributed by atoms with Gasteiger partial charge >= 0.3 is 19.8 Å². The Bertz CT molecular complexity index is 922. The zero-order valence-corrected chi connectivity index (χ0v) is 39.2. The Morgan fingerprint density at radius 1 is 0.448 bits per heavy atom. The van der Waals surface area contributed by atoms with Gasteiger partial charge < -0.3 is 20.1 Å². The van der Waals surface area contributed by atoms with Gasteiger partial charge in [0.2, 0.25) is 0 Å². The molecule has 346 valence electrons. The van der Waals surface area contributed by atoms with Crippen molar-refractivity contribution in [1.82, 2.24) is 0 Å². The van der Waals surface area contributed by atoms with E-state index in [4.69, 9.17) is 24.3 Å². The van der Waals surface area contributed by atoms with E-state index in [0.717, 1.165) is 32.1 Å². The van der Waals surface area contributed by atoms with Crippen molar-refractivity contribution in [3.05, 3.63) is 0 Å². The molecule has 3 N–H and O–H groups in total. The highest BCUT2D eigenvalue weighted by Crippen LogP contribution is 2.43. The summed E-state index contributed by atoms with van der Waals surface area (Å²) in [6, 6.07) is 0. The standard InChI is InChI=1S/C48H96NO8P/c1-3-5-7-9-11-13-15-17-19-21-22-23-24-25-27-28-30-32-34-36-38-40-47(50)54-44-46(45-56-58(52,53)55-43-42-49)57-48(51)41-39-37-35-33-31-29-26-20-18-16-14-12-10-8-6-4-2/h46H,3-45,49H2,1-2H3,(H,52,53)/t46-/m0/s1. The van der Waals surface area contributed by atoms with Crippen LogP contribution < -0.4 is 5.73 Å². The quantitative estimate of drug-likeness (QED) is 0.0349. The molecule has 0 radical (unpaired) electrons. The predicted molar refractivity (Wildman–Crippen MR) is 243 cm³/mol. The fourth-order valence-corrected chi connectivity index (χ4v) is 8.29. The zero-order chi connectivity index (χ0) is 42.5. The Labute approximate surface area is 358 Å². The number of nitrogens with two attached hydrogens (primary N) is 1. The third-order valence-electron chi connectivity index (χ3n) is 11.2. The Kier molecular flexibility index (Phi) is 44.8. The van der Waals surface area contributed by atoms with Crippen LogP contribution in [0.5, 0.6) is 0 Å². The molecule has 0 amide bonds. The monoisotopic (exact) mass is 846 g/mol. The largest absolute Gasteiger partial charge is 0.472 e. The van der Waals surface area contributed by atoms with Crippen molar-refractivity contribution in [3.63, 3.8) is 0 Å². The minimum absolute atomic E-state index is 0.0583. The molecule has 0 aromatic heterocycles. The number of phosphoric ester groups is 1. The summed E-state index contributed by atoms with van der Waals surface area (Å²) in [6.45, 7) is 3.80. The lowest BCUT2D eigenvalue weighted by atomic mass is 10.0. The number of carbonyl (C=O) groups is 2. The SMILES string of the molecule is CCCCCCCCCCCCCCCCCCCCCCCC(=O)OC[C@@H](COP(=O)(O)OCCN)OC(=O)CCCCCCCCCCCCCCCCCC. The predicted octanol–water partition coefficient (Wildman–Crippen LogP) is 14.8. The maximum atomic E-state index is 12.6. The molecule has 0 fully saturated rings. The van der Waals surface area contributed by atoms with Crippen molar-refractivity contribution >= 4 is 19.8 Å². The lowest BCUT2D eigenvalue weighted by Crippen LogP contribution is -2.29. The Morgan fingerprint density at radius 3 is 1.05 bits per heavy atom. The van der Waals surface area contributed by atoms with Crippen LogP contribution in [0.4, 0.5) is 0 Å². The lowest BCUT2D eigenvalue weighted by molar-refractivity contribution is -0.161. The van der Waals surface area contributed by atoms with Gasteiger partial charge in [-0.15, -0.1) is 0 Å². The van der Waals surface area contributed by atoms with Gasteiger partial charge in [-0.1, -0.05) is 239 Å². The molecule has 0 aromatic rings. The third kappa shape index (κ3) is 44.6. The zero-order valence-electron chi connectivity index (χ0n) is 38.3. The molecular weight excluding hydrogens is 750 g/mol. The van der Waals surface area contributed by atoms with Crippen molar-refractivity contribution in [1.29, 1.82) is 0 Å². The van der Waals surface area contributed by atoms with Gasteiger partial charge in [0.1, 0.15) is 6.61 Å². The van der Waals surface area contributed by atoms with Crippen molar-refractivity contribution in [3.8, 4) is 0 Å². The summed E-state index contributed by atoms with van der Waals surface area (Å²) in [5.74, 6) is -0.807. The van der Waals surface area contributed by atoms with Gasteiger partial charge in [-0.2, -0.15) is 0 Å². The van der Waals surface area contributed by atoms with Crippen molar-refractivity contribution < 1.29 is 37.6 Å². The molecule has 0 aliphatic rings. The van der Waals surface area contributed by atoms with Crippen LogP contribution in [-0.2, 0) is 32.7 Å². The van der Waals surface area contributed by atoms with Gasteiger partial charge in [0, 0.05) is 19.4 Å². The normalized spacial score (nSPS) is 13.1. The minimum atomic E-state index is -4.37. The summed E-state index contributed by atoms with van der Waals surface area (Å²) in [5, 5.41) is 0. The summed E-state index contributed by atoms with van der Waals surface area (Å²) in [5.41, 5.74) is 5.36. The molecule has 0 heterocycles. The molecule has 0 spiro atoms. The van der Waals surface area contributed by atoms with E-state index in [1.165, 1.54) is 199 Å². The highest BCUT2D eigenvalue weighted by molar-refractivity contribution is 7.47. The average Bonchev–Trinajstić information content (AvgIpc) is 3.21. The Balaban J connectivity index is 3.99. The second-order valence-electron chi connectivity index (χ2n) is 17.1. The third-order valence-corrected chi connectivity index (χ3v) is 12.2. The van der Waals surface area contributed by atoms with Gasteiger partial charge in [0.25, 0.3) is 0 Å². The first-order valence-electron chi connectivity index (χ1n) is 25.0. The first-order chi connectivity index (χ1) is 28.3. The Morgan fingerprint density at radius 2 is 0.741 bits per heavy atom. The fraction of sp³-hybridized carbons (Fsp3) is 0.958. The van der Waals surface area contributed by atoms with Crippen LogP contribution in [0.15, 0.2) is 0 Å². The first-order valence-corrected chi connectivity index (χ1v) is 26.5. The molecule has 10 heteroatoms. The smallest absolute Gasteiger partial charge is 0.462 e. The van der Waals surface area contributed by atoms with Crippen LogP contribution in [0.3, 0.4) is 0 Å². The van der Waals surface area contributed by atoms with E-state index in [1.54, 1.807) is 0 Å². The molecule has 2 atom stereocenters. The van der Waals surface area contributed by atoms with E-state index in [9.17, 15) is 19.0 Å². The molecule has 0 saturated carbocycles. The molecule has 1 unspecified atom stereocenters. The van der Waals surface area contributed by atoms with Gasteiger partial charge in [0.05, 0.1) is 13.2 Å². The second-order valence-corrected chi connectivity index (χ2v) is 18.5. The van der Waals surface area contributed by atoms with Crippen LogP contribution in [-0.4, -0.2) is 49.3 Å². The number of hydrogen-bond donors (Lipinski definition) is 2. The number of carbonyl (C=O) groups excluding carboxylic acids is 2. The number of unbranched alkanes of at least 4 members (excludes halogenated alkanes) is 35. The molecule has 0 saturated heterocycles. The van der Waals surface area contributed by atoms with Gasteiger partial charge in [-0.25, -0.2) is 4.57 Å². The fourth-order valence-electron chi connectivity index (χ4n) is 7.52. The Hall–Kier alpha value is -0.990. The molecule has 0 aromatic carbocycles. The molecule has 0 rings (SSSR count). The van der Waals surface area contributed by atoms with Crippen LogP contribution >= 0.6 is 7.82 Å². The topological polar surface area (TPSA) is 134 Å². The molecule has 0 aliphatic carbocycles. The molecule has 58 heavy (non-hydrogen) atoms. The van der Waals surface area contributed by atoms with Crippen LogP contribution in [0.25, 0.3) is 0 Å². The van der Waals surface area contributed by atoms with Crippen molar-refractivity contribution in [2.75, 3.05) is 26.4 Å². The van der Waals surface area contributed by atoms with E-state index in [2.05, 4.69) is 13.8 Å². The molecule has 9 nitrogen and oxygen atoms in total. The first kappa shape index (κ1) is 57.0. The highest BCUT2D eigenvalue weighted by atomic mass is 31.2. The summed E-state index contributed by atoms with van der Waals surface area (Å²) < 4.78 is 32.9. The van der Waals surface area contributed by atoms with Gasteiger partial charge in [0.15, 0.2) is 6.10 Å². The number of rotatable bonds is 48. The summed E-state index contributed by atoms with van der Waals surface area (Å²) in [7, 11) is -4.37. The van der Waals surface area contributed by atoms with Gasteiger partial charge in [-0.05, 0) is 12.8 Å². The highest BCUT2D eigenvalue weighted by Gasteiger charge is 2.26. The van der Waals surface area contributed by atoms with E-state index in [0.29, 0.717) is 6.42 Å².